The minimum atomic E-state index is -1.44. The molecule has 0 atom stereocenters. The lowest BCUT2D eigenvalue weighted by Crippen LogP contribution is -2.08. The van der Waals surface area contributed by atoms with Gasteiger partial charge in [-0.25, -0.2) is 4.79 Å². The van der Waals surface area contributed by atoms with Gasteiger partial charge in [0.15, 0.2) is 0 Å². The van der Waals surface area contributed by atoms with Crippen molar-refractivity contribution in [3.05, 3.63) is 47.2 Å². The van der Waals surface area contributed by atoms with Crippen molar-refractivity contribution in [2.24, 2.45) is 0 Å². The first kappa shape index (κ1) is 10.9. The zero-order valence-corrected chi connectivity index (χ0v) is 8.45. The summed E-state index contributed by atoms with van der Waals surface area (Å²) in [6.07, 6.45) is 0. The molecule has 0 spiro atoms. The second kappa shape index (κ2) is 4.09. The van der Waals surface area contributed by atoms with Crippen LogP contribution in [0.3, 0.4) is 0 Å². The van der Waals surface area contributed by atoms with Gasteiger partial charge in [-0.15, -0.1) is 0 Å². The predicted molar refractivity (Wildman–Crippen MR) is 55.0 cm³/mol. The van der Waals surface area contributed by atoms with Gasteiger partial charge in [0.05, 0.1) is 0 Å². The quantitative estimate of drug-likeness (QED) is 0.775. The number of carboxylic acid groups (broad SMARTS) is 1. The lowest BCUT2D eigenvalue weighted by atomic mass is 10.0. The summed E-state index contributed by atoms with van der Waals surface area (Å²) in [5, 5.41) is 21.2. The molecule has 86 valence electrons. The monoisotopic (exact) mass is 233 g/mol. The van der Waals surface area contributed by atoms with Gasteiger partial charge >= 0.3 is 11.9 Å². The number of carbonyl (C=O) groups is 2. The number of aromatic nitrogens is 1. The third kappa shape index (κ3) is 1.87. The van der Waals surface area contributed by atoms with E-state index in [2.05, 4.69) is 9.68 Å². The Bertz CT molecular complexity index is 573. The Balaban J connectivity index is 2.51. The maximum atomic E-state index is 11.9. The van der Waals surface area contributed by atoms with Crippen LogP contribution in [0.4, 0.5) is 0 Å². The van der Waals surface area contributed by atoms with Gasteiger partial charge in [0.1, 0.15) is 5.56 Å². The fourth-order valence-electron chi connectivity index (χ4n) is 1.37. The van der Waals surface area contributed by atoms with Crippen LogP contribution in [0.1, 0.15) is 26.4 Å². The van der Waals surface area contributed by atoms with E-state index in [1.807, 2.05) is 0 Å². The maximum absolute atomic E-state index is 11.9. The van der Waals surface area contributed by atoms with E-state index in [0.29, 0.717) is 0 Å². The van der Waals surface area contributed by atoms with Gasteiger partial charge in [-0.1, -0.05) is 35.5 Å². The topological polar surface area (TPSA) is 101 Å². The number of rotatable bonds is 3. The van der Waals surface area contributed by atoms with Crippen molar-refractivity contribution in [3.8, 4) is 5.95 Å². The zero-order valence-electron chi connectivity index (χ0n) is 8.45. The third-order valence-electron chi connectivity index (χ3n) is 2.14. The molecule has 0 saturated heterocycles. The molecule has 1 heterocycles. The Morgan fingerprint density at radius 2 is 1.82 bits per heavy atom. The molecule has 0 saturated carbocycles. The normalized spacial score (nSPS) is 10.1. The van der Waals surface area contributed by atoms with Gasteiger partial charge in [-0.05, 0) is 0 Å². The minimum absolute atomic E-state index is 0.244. The second-order valence-electron chi connectivity index (χ2n) is 3.21. The van der Waals surface area contributed by atoms with Crippen LogP contribution in [0.2, 0.25) is 0 Å². The highest BCUT2D eigenvalue weighted by Gasteiger charge is 2.27. The first-order valence-electron chi connectivity index (χ1n) is 4.63. The molecular formula is C11H7NO5. The number of hydrogen-bond donors (Lipinski definition) is 2. The van der Waals surface area contributed by atoms with Crippen molar-refractivity contribution in [2.45, 2.75) is 0 Å². The molecular weight excluding hydrogens is 226 g/mol. The highest BCUT2D eigenvalue weighted by molar-refractivity contribution is 6.14. The highest BCUT2D eigenvalue weighted by atomic mass is 16.6. The molecule has 0 amide bonds. The van der Waals surface area contributed by atoms with Gasteiger partial charge in [-0.3, -0.25) is 4.79 Å². The first-order valence-corrected chi connectivity index (χ1v) is 4.63. The van der Waals surface area contributed by atoms with Crippen molar-refractivity contribution < 1.29 is 24.3 Å². The van der Waals surface area contributed by atoms with E-state index < -0.39 is 29.0 Å². The van der Waals surface area contributed by atoms with Crippen molar-refractivity contribution >= 4 is 11.8 Å². The molecule has 6 heteroatoms. The molecule has 6 nitrogen and oxygen atoms in total. The van der Waals surface area contributed by atoms with Gasteiger partial charge in [0.25, 0.3) is 0 Å². The average Bonchev–Trinajstić information content (AvgIpc) is 2.71. The SMILES string of the molecule is O=C(O)c1noc(O)c1C(=O)c1ccccc1. The average molecular weight is 233 g/mol. The van der Waals surface area contributed by atoms with E-state index >= 15 is 0 Å². The van der Waals surface area contributed by atoms with Crippen LogP contribution in [0, 0.1) is 0 Å². The van der Waals surface area contributed by atoms with Gasteiger partial charge in [-0.2, -0.15) is 0 Å². The van der Waals surface area contributed by atoms with Crippen LogP contribution in [0.15, 0.2) is 34.9 Å². The summed E-state index contributed by atoms with van der Waals surface area (Å²) in [7, 11) is 0. The standard InChI is InChI=1S/C11H7NO5/c13-9(6-4-2-1-3-5-6)7-8(10(14)15)12-17-11(7)16/h1-5,16H,(H,14,15). The number of aromatic hydroxyl groups is 1. The van der Waals surface area contributed by atoms with E-state index in [1.165, 1.54) is 12.1 Å². The van der Waals surface area contributed by atoms with E-state index in [-0.39, 0.29) is 5.56 Å². The van der Waals surface area contributed by atoms with Gasteiger partial charge in [0, 0.05) is 5.56 Å². The lowest BCUT2D eigenvalue weighted by molar-refractivity contribution is 0.0682. The molecule has 0 aliphatic heterocycles. The van der Waals surface area contributed by atoms with Gasteiger partial charge < -0.3 is 14.7 Å². The lowest BCUT2D eigenvalue weighted by Gasteiger charge is -1.98. The maximum Gasteiger partial charge on any atom is 0.359 e. The van der Waals surface area contributed by atoms with E-state index in [0.717, 1.165) is 0 Å². The number of carbonyl (C=O) groups excluding carboxylic acids is 1. The van der Waals surface area contributed by atoms with E-state index in [1.54, 1.807) is 18.2 Å². The van der Waals surface area contributed by atoms with E-state index in [9.17, 15) is 14.7 Å². The summed E-state index contributed by atoms with van der Waals surface area (Å²) >= 11 is 0. The van der Waals surface area contributed by atoms with Gasteiger partial charge in [0.2, 0.25) is 11.5 Å². The molecule has 0 fully saturated rings. The summed E-state index contributed by atoms with van der Waals surface area (Å²) < 4.78 is 4.30. The van der Waals surface area contributed by atoms with Crippen molar-refractivity contribution in [2.75, 3.05) is 0 Å². The molecule has 0 aliphatic carbocycles. The summed E-state index contributed by atoms with van der Waals surface area (Å²) in [5.74, 6) is -2.88. The third-order valence-corrected chi connectivity index (χ3v) is 2.14. The highest BCUT2D eigenvalue weighted by Crippen LogP contribution is 2.23. The molecule has 1 aromatic carbocycles. The van der Waals surface area contributed by atoms with E-state index in [4.69, 9.17) is 5.11 Å². The largest absolute Gasteiger partial charge is 0.479 e. The Morgan fingerprint density at radius 1 is 1.18 bits per heavy atom. The number of carboxylic acids is 1. The van der Waals surface area contributed by atoms with Crippen LogP contribution in [0.5, 0.6) is 5.95 Å². The number of ketones is 1. The summed E-state index contributed by atoms with van der Waals surface area (Å²) in [6, 6.07) is 7.96. The van der Waals surface area contributed by atoms with Crippen LogP contribution in [-0.2, 0) is 0 Å². The Hall–Kier alpha value is -2.63. The fraction of sp³-hybridized carbons (Fsp3) is 0. The summed E-state index contributed by atoms with van der Waals surface area (Å²) in [6.45, 7) is 0. The molecule has 1 aromatic heterocycles. The summed E-state index contributed by atoms with van der Waals surface area (Å²) in [4.78, 5) is 22.7. The van der Waals surface area contributed by atoms with Crippen molar-refractivity contribution in [1.29, 1.82) is 0 Å². The molecule has 2 N–H and O–H groups in total. The van der Waals surface area contributed by atoms with Crippen LogP contribution < -0.4 is 0 Å². The Labute approximate surface area is 95.1 Å². The first-order chi connectivity index (χ1) is 8.11. The molecule has 0 radical (unpaired) electrons. The van der Waals surface area contributed by atoms with Crippen LogP contribution in [-0.4, -0.2) is 27.1 Å². The number of benzene rings is 1. The predicted octanol–water partition coefficient (Wildman–Crippen LogP) is 1.31. The molecule has 0 aliphatic rings. The minimum Gasteiger partial charge on any atom is -0.479 e. The molecule has 2 aromatic rings. The van der Waals surface area contributed by atoms with Crippen LogP contribution >= 0.6 is 0 Å². The summed E-state index contributed by atoms with van der Waals surface area (Å²) in [5.41, 5.74) is -0.798. The van der Waals surface area contributed by atoms with Crippen LogP contribution in [0.25, 0.3) is 0 Å². The smallest absolute Gasteiger partial charge is 0.359 e. The van der Waals surface area contributed by atoms with Crippen molar-refractivity contribution in [3.63, 3.8) is 0 Å². The molecule has 0 unspecified atom stereocenters. The molecule has 0 bridgehead atoms. The zero-order chi connectivity index (χ0) is 12.4. The fourth-order valence-corrected chi connectivity index (χ4v) is 1.37. The van der Waals surface area contributed by atoms with Crippen molar-refractivity contribution in [1.82, 2.24) is 5.16 Å². The Morgan fingerprint density at radius 3 is 2.41 bits per heavy atom. The number of hydrogen-bond acceptors (Lipinski definition) is 5. The molecule has 2 rings (SSSR count). The Kier molecular flexibility index (Phi) is 2.61. The second-order valence-corrected chi connectivity index (χ2v) is 3.21. The number of aromatic carboxylic acids is 1. The molecule has 17 heavy (non-hydrogen) atoms. The number of nitrogens with zero attached hydrogens (tertiary/aromatic N) is 1.